The minimum absolute atomic E-state index is 0.0647. The van der Waals surface area contributed by atoms with Gasteiger partial charge in [-0.1, -0.05) is 110 Å². The predicted molar refractivity (Wildman–Crippen MR) is 146 cm³/mol. The number of nitrogens with zero attached hydrogens (tertiary/aromatic N) is 2. The normalized spacial score (nSPS) is 15.3. The summed E-state index contributed by atoms with van der Waals surface area (Å²) in [5, 5.41) is 0. The number of hydrogen-bond acceptors (Lipinski definition) is 2. The Labute approximate surface area is 207 Å². The van der Waals surface area contributed by atoms with Crippen molar-refractivity contribution in [2.75, 3.05) is 0 Å². The topological polar surface area (TPSA) is 25.8 Å². The van der Waals surface area contributed by atoms with Gasteiger partial charge in [0, 0.05) is 16.5 Å². The number of aromatic nitrogens is 2. The van der Waals surface area contributed by atoms with Crippen molar-refractivity contribution < 1.29 is 0 Å². The summed E-state index contributed by atoms with van der Waals surface area (Å²) in [6.45, 7) is 6.81. The van der Waals surface area contributed by atoms with Crippen molar-refractivity contribution >= 4 is 5.57 Å². The van der Waals surface area contributed by atoms with E-state index in [4.69, 9.17) is 9.97 Å². The summed E-state index contributed by atoms with van der Waals surface area (Å²) in [5.74, 6) is 0.763. The van der Waals surface area contributed by atoms with E-state index in [1.807, 2.05) is 6.07 Å². The van der Waals surface area contributed by atoms with Crippen molar-refractivity contribution in [2.45, 2.75) is 32.6 Å². The molecule has 0 saturated heterocycles. The lowest BCUT2D eigenvalue weighted by Crippen LogP contribution is -2.15. The molecule has 0 aliphatic heterocycles. The molecule has 1 aromatic heterocycles. The van der Waals surface area contributed by atoms with Gasteiger partial charge in [0.15, 0.2) is 5.82 Å². The van der Waals surface area contributed by atoms with Crippen LogP contribution >= 0.6 is 0 Å². The Morgan fingerprint density at radius 1 is 0.714 bits per heavy atom. The van der Waals surface area contributed by atoms with Crippen LogP contribution in [-0.4, -0.2) is 9.97 Å². The maximum absolute atomic E-state index is 5.07. The van der Waals surface area contributed by atoms with Crippen molar-refractivity contribution in [2.24, 2.45) is 0 Å². The highest BCUT2D eigenvalue weighted by molar-refractivity contribution is 5.84. The van der Waals surface area contributed by atoms with Gasteiger partial charge in [-0.15, -0.1) is 0 Å². The number of hydrogen-bond donors (Lipinski definition) is 0. The Morgan fingerprint density at radius 2 is 1.46 bits per heavy atom. The maximum Gasteiger partial charge on any atom is 0.160 e. The number of fused-ring (bicyclic) bond motifs is 3. The zero-order chi connectivity index (χ0) is 24.0. The van der Waals surface area contributed by atoms with Gasteiger partial charge in [0.05, 0.1) is 11.4 Å². The minimum atomic E-state index is -0.0647. The zero-order valence-corrected chi connectivity index (χ0v) is 20.4. The molecule has 0 unspecified atom stereocenters. The summed E-state index contributed by atoms with van der Waals surface area (Å²) in [6, 6.07) is 26.0. The van der Waals surface area contributed by atoms with E-state index < -0.39 is 0 Å². The molecule has 0 amide bonds. The summed E-state index contributed by atoms with van der Waals surface area (Å²) in [7, 11) is 0. The molecule has 1 heterocycles. The predicted octanol–water partition coefficient (Wildman–Crippen LogP) is 8.32. The number of rotatable bonds is 3. The van der Waals surface area contributed by atoms with Crippen molar-refractivity contribution in [3.05, 3.63) is 126 Å². The van der Waals surface area contributed by atoms with E-state index >= 15 is 0 Å². The summed E-state index contributed by atoms with van der Waals surface area (Å²) >= 11 is 0. The summed E-state index contributed by atoms with van der Waals surface area (Å²) in [6.07, 6.45) is 11.6. The fraction of sp³-hybridized carbons (Fsp3) is 0.152. The van der Waals surface area contributed by atoms with Crippen molar-refractivity contribution in [3.63, 3.8) is 0 Å². The molecule has 2 nitrogen and oxygen atoms in total. The van der Waals surface area contributed by atoms with E-state index in [9.17, 15) is 0 Å². The van der Waals surface area contributed by atoms with Crippen molar-refractivity contribution in [1.29, 1.82) is 0 Å². The van der Waals surface area contributed by atoms with E-state index in [1.54, 1.807) is 0 Å². The van der Waals surface area contributed by atoms with Gasteiger partial charge in [0.1, 0.15) is 0 Å². The molecule has 0 atom stereocenters. The first-order valence-corrected chi connectivity index (χ1v) is 12.3. The first kappa shape index (κ1) is 21.5. The Kier molecular flexibility index (Phi) is 5.11. The molecule has 3 aromatic carbocycles. The maximum atomic E-state index is 5.07. The molecule has 170 valence electrons. The van der Waals surface area contributed by atoms with Gasteiger partial charge < -0.3 is 0 Å². The second kappa shape index (κ2) is 8.32. The van der Waals surface area contributed by atoms with E-state index in [0.717, 1.165) is 40.3 Å². The molecule has 2 aliphatic rings. The van der Waals surface area contributed by atoms with Gasteiger partial charge in [-0.3, -0.25) is 0 Å². The average molecular weight is 453 g/mol. The Hall–Kier alpha value is -4.04. The third-order valence-electron chi connectivity index (χ3n) is 7.18. The van der Waals surface area contributed by atoms with Crippen LogP contribution in [0.15, 0.2) is 103 Å². The largest absolute Gasteiger partial charge is 0.228 e. The number of allylic oxidation sites excluding steroid dienone is 6. The van der Waals surface area contributed by atoms with Crippen LogP contribution in [0.2, 0.25) is 0 Å². The van der Waals surface area contributed by atoms with E-state index in [1.165, 1.54) is 27.8 Å². The Balaban J connectivity index is 1.52. The molecule has 35 heavy (non-hydrogen) atoms. The third-order valence-corrected chi connectivity index (χ3v) is 7.18. The molecule has 2 heteroatoms. The van der Waals surface area contributed by atoms with E-state index in [2.05, 4.69) is 118 Å². The van der Waals surface area contributed by atoms with Crippen molar-refractivity contribution in [1.82, 2.24) is 9.97 Å². The van der Waals surface area contributed by atoms with Gasteiger partial charge in [-0.05, 0) is 53.3 Å². The first-order chi connectivity index (χ1) is 17.0. The monoisotopic (exact) mass is 452 g/mol. The molecular weight excluding hydrogens is 424 g/mol. The van der Waals surface area contributed by atoms with Gasteiger partial charge >= 0.3 is 0 Å². The lowest BCUT2D eigenvalue weighted by Gasteiger charge is -2.22. The van der Waals surface area contributed by atoms with Gasteiger partial charge in [0.2, 0.25) is 0 Å². The third kappa shape index (κ3) is 3.76. The van der Waals surface area contributed by atoms with Crippen molar-refractivity contribution in [3.8, 4) is 33.8 Å². The molecule has 0 radical (unpaired) electrons. The van der Waals surface area contributed by atoms with E-state index in [-0.39, 0.29) is 5.41 Å². The minimum Gasteiger partial charge on any atom is -0.228 e. The van der Waals surface area contributed by atoms with E-state index in [0.29, 0.717) is 0 Å². The molecule has 0 bridgehead atoms. The van der Waals surface area contributed by atoms with Crippen LogP contribution in [-0.2, 0) is 5.41 Å². The smallest absolute Gasteiger partial charge is 0.160 e. The van der Waals surface area contributed by atoms with Crippen LogP contribution in [0.3, 0.4) is 0 Å². The number of benzene rings is 3. The standard InChI is InChI=1S/C33H28N2/c1-22-15-17-26-27-18-16-25(20-29(27)33(2,3)28(26)19-22)32-34-30(23-11-7-4-5-8-12-23)21-31(35-32)24-13-9-6-10-14-24/h4-7,9-21H,8H2,1-3H3. The van der Waals surface area contributed by atoms with Crippen LogP contribution in [0.25, 0.3) is 39.3 Å². The highest BCUT2D eigenvalue weighted by Gasteiger charge is 2.35. The summed E-state index contributed by atoms with van der Waals surface area (Å²) in [5.41, 5.74) is 11.8. The number of aryl methyl sites for hydroxylation is 1. The highest BCUT2D eigenvalue weighted by atomic mass is 14.9. The van der Waals surface area contributed by atoms with Crippen LogP contribution in [0.4, 0.5) is 0 Å². The second-order valence-corrected chi connectivity index (χ2v) is 9.94. The molecule has 0 spiro atoms. The van der Waals surface area contributed by atoms with Gasteiger partial charge in [-0.2, -0.15) is 0 Å². The zero-order valence-electron chi connectivity index (χ0n) is 20.4. The molecule has 0 fully saturated rings. The van der Waals surface area contributed by atoms with Gasteiger partial charge in [-0.25, -0.2) is 9.97 Å². The van der Waals surface area contributed by atoms with Crippen LogP contribution in [0, 0.1) is 6.92 Å². The van der Waals surface area contributed by atoms with Crippen LogP contribution in [0.1, 0.15) is 42.7 Å². The average Bonchev–Trinajstić information content (AvgIpc) is 3.06. The molecule has 0 N–H and O–H groups in total. The second-order valence-electron chi connectivity index (χ2n) is 9.94. The van der Waals surface area contributed by atoms with Crippen LogP contribution in [0.5, 0.6) is 0 Å². The van der Waals surface area contributed by atoms with Crippen LogP contribution < -0.4 is 0 Å². The molecule has 6 rings (SSSR count). The fourth-order valence-electron chi connectivity index (χ4n) is 5.24. The highest BCUT2D eigenvalue weighted by Crippen LogP contribution is 2.49. The molecule has 0 saturated carbocycles. The molecular formula is C33H28N2. The first-order valence-electron chi connectivity index (χ1n) is 12.3. The fourth-order valence-corrected chi connectivity index (χ4v) is 5.24. The lowest BCUT2D eigenvalue weighted by molar-refractivity contribution is 0.660. The quantitative estimate of drug-likeness (QED) is 0.312. The molecule has 2 aliphatic carbocycles. The SMILES string of the molecule is Cc1ccc2c(c1)C(C)(C)c1cc(-c3nc(C4=CCC=CC=C4)cc(-c4ccccc4)n3)ccc1-2. The summed E-state index contributed by atoms with van der Waals surface area (Å²) < 4.78 is 0. The Morgan fingerprint density at radius 3 is 2.29 bits per heavy atom. The van der Waals surface area contributed by atoms with Gasteiger partial charge in [0.25, 0.3) is 0 Å². The molecule has 4 aromatic rings. The lowest BCUT2D eigenvalue weighted by atomic mass is 9.81. The Bertz CT molecular complexity index is 1540. The summed E-state index contributed by atoms with van der Waals surface area (Å²) in [4.78, 5) is 10.1.